The fourth-order valence-corrected chi connectivity index (χ4v) is 9.96. The third-order valence-electron chi connectivity index (χ3n) is 12.3. The Labute approximate surface area is 372 Å². The zero-order valence-electron chi connectivity index (χ0n) is 35.2. The molecule has 0 aliphatic carbocycles. The van der Waals surface area contributed by atoms with Crippen LogP contribution in [-0.2, 0) is 19.4 Å². The van der Waals surface area contributed by atoms with Gasteiger partial charge < -0.3 is 35.7 Å². The van der Waals surface area contributed by atoms with Gasteiger partial charge in [0.2, 0.25) is 11.8 Å². The van der Waals surface area contributed by atoms with E-state index in [4.69, 9.17) is 10.7 Å². The molecule has 3 aliphatic rings. The van der Waals surface area contributed by atoms with E-state index in [1.807, 2.05) is 120 Å². The number of nitrogens with one attached hydrogen (secondary N) is 3. The molecule has 4 amide bonds. The van der Waals surface area contributed by atoms with Gasteiger partial charge >= 0.3 is 6.03 Å². The van der Waals surface area contributed by atoms with Gasteiger partial charge in [-0.1, -0.05) is 96.8 Å². The lowest BCUT2D eigenvalue weighted by Gasteiger charge is -2.32. The summed E-state index contributed by atoms with van der Waals surface area (Å²) in [7, 11) is -3.17. The van der Waals surface area contributed by atoms with Gasteiger partial charge in [0.05, 0.1) is 47.4 Å². The van der Waals surface area contributed by atoms with Crippen LogP contribution in [0.4, 0.5) is 4.79 Å². The van der Waals surface area contributed by atoms with Gasteiger partial charge in [-0.3, -0.25) is 9.59 Å². The van der Waals surface area contributed by atoms with Gasteiger partial charge in [0, 0.05) is 37.3 Å². The smallest absolute Gasteiger partial charge is 0.318 e. The van der Waals surface area contributed by atoms with Crippen molar-refractivity contribution in [1.29, 1.82) is 0 Å². The van der Waals surface area contributed by atoms with E-state index < -0.39 is 28.0 Å². The number of sulfone groups is 1. The molecule has 0 saturated carbocycles. The molecule has 0 radical (unpaired) electrons. The Hall–Kier alpha value is -7.02. The zero-order valence-corrected chi connectivity index (χ0v) is 36.0. The van der Waals surface area contributed by atoms with Crippen molar-refractivity contribution in [3.8, 4) is 34.4 Å². The number of aromatic amines is 2. The number of benzene rings is 4. The normalized spacial score (nSPS) is 19.1. The number of nitrogens with two attached hydrogens (primary N) is 1. The number of urea groups is 1. The Kier molecular flexibility index (Phi) is 12.1. The zero-order chi connectivity index (χ0) is 44.2. The van der Waals surface area contributed by atoms with E-state index >= 15 is 0 Å². The van der Waals surface area contributed by atoms with Crippen LogP contribution in [0, 0.1) is 11.8 Å². The van der Waals surface area contributed by atoms with Crippen LogP contribution in [0.5, 0.6) is 0 Å². The van der Waals surface area contributed by atoms with Gasteiger partial charge in [-0.2, -0.15) is 0 Å². The predicted octanol–water partition coefficient (Wildman–Crippen LogP) is 6.07. The summed E-state index contributed by atoms with van der Waals surface area (Å²) >= 11 is 0. The summed E-state index contributed by atoms with van der Waals surface area (Å²) in [6.07, 6.45) is 6.77. The molecule has 6 aromatic rings. The fourth-order valence-electron chi connectivity index (χ4n) is 8.76. The van der Waals surface area contributed by atoms with E-state index in [1.165, 1.54) is 4.90 Å². The lowest BCUT2D eigenvalue weighted by molar-refractivity contribution is -0.135. The number of nitrogens with zero attached hydrogens (tertiary/aromatic N) is 5. The lowest BCUT2D eigenvalue weighted by Crippen LogP contribution is -2.51. The minimum atomic E-state index is -3.17. The maximum atomic E-state index is 14.3. The van der Waals surface area contributed by atoms with Crippen LogP contribution >= 0.6 is 0 Å². The van der Waals surface area contributed by atoms with E-state index in [0.717, 1.165) is 64.3 Å². The van der Waals surface area contributed by atoms with Crippen LogP contribution in [0.3, 0.4) is 0 Å². The molecule has 14 nitrogen and oxygen atoms in total. The number of likely N-dealkylation sites (tertiary alicyclic amines) is 2. The number of carbonyl (C=O) groups is 3. The summed E-state index contributed by atoms with van der Waals surface area (Å²) in [4.78, 5) is 62.3. The maximum Gasteiger partial charge on any atom is 0.318 e. The molecule has 3 saturated heterocycles. The summed E-state index contributed by atoms with van der Waals surface area (Å²) < 4.78 is 23.9. The molecule has 3 aliphatic heterocycles. The van der Waals surface area contributed by atoms with Crippen molar-refractivity contribution >= 4 is 27.7 Å². The van der Waals surface area contributed by atoms with E-state index in [0.29, 0.717) is 30.9 Å². The number of imidazole rings is 2. The standard InChI is InChI=1S/C49H49N9O5S/c50-43(37-9-3-1-4-10-37)47(59)57-25-7-13-41(57)45-51-31-39(53-45)35-21-17-33(18-22-35)15-16-34-19-23-36(24-20-34)40-32-52-46(54-40)42-14-8-26-58(42)48(60)44(38-11-5-2-6-12-38)55-49(61)56-27-29-64(62,63)30-28-56/h1-6,9-12,17-24,31-32,41-44H,7-8,13-14,25-30,50H2,(H,51,53)(H,52,54)(H,55,61)/t41-,42-,43+,44+/m0/s1. The third-order valence-corrected chi connectivity index (χ3v) is 14.0. The average molecular weight is 876 g/mol. The molecule has 0 unspecified atom stereocenters. The Morgan fingerprint density at radius 3 is 1.61 bits per heavy atom. The molecule has 5 heterocycles. The molecule has 2 aromatic heterocycles. The molecule has 4 aromatic carbocycles. The second kappa shape index (κ2) is 18.4. The topological polar surface area (TPSA) is 190 Å². The van der Waals surface area contributed by atoms with Gasteiger partial charge in [0.25, 0.3) is 0 Å². The first kappa shape index (κ1) is 42.3. The average Bonchev–Trinajstić information content (AvgIpc) is 4.18. The molecular formula is C49H49N9O5S. The van der Waals surface area contributed by atoms with Gasteiger partial charge in [-0.25, -0.2) is 23.2 Å². The highest BCUT2D eigenvalue weighted by Gasteiger charge is 2.38. The minimum Gasteiger partial charge on any atom is -0.340 e. The molecule has 5 N–H and O–H groups in total. The summed E-state index contributed by atoms with van der Waals surface area (Å²) in [6.45, 7) is 1.32. The summed E-state index contributed by atoms with van der Waals surface area (Å²) in [5.41, 5.74) is 13.1. The lowest BCUT2D eigenvalue weighted by atomic mass is 10.0. The van der Waals surface area contributed by atoms with Crippen molar-refractivity contribution in [3.05, 3.63) is 155 Å². The van der Waals surface area contributed by atoms with Crippen molar-refractivity contribution in [1.82, 2.24) is 40.0 Å². The Balaban J connectivity index is 0.826. The number of hydrogen-bond acceptors (Lipinski definition) is 8. The summed E-state index contributed by atoms with van der Waals surface area (Å²) in [5.74, 6) is 7.40. The van der Waals surface area contributed by atoms with Crippen LogP contribution < -0.4 is 11.1 Å². The van der Waals surface area contributed by atoms with Crippen LogP contribution in [0.25, 0.3) is 22.5 Å². The van der Waals surface area contributed by atoms with E-state index in [-0.39, 0.29) is 48.5 Å². The van der Waals surface area contributed by atoms with E-state index in [2.05, 4.69) is 32.1 Å². The van der Waals surface area contributed by atoms with Gasteiger partial charge in [0.15, 0.2) is 9.84 Å². The molecule has 0 spiro atoms. The molecule has 4 atom stereocenters. The Bertz CT molecular complexity index is 2790. The van der Waals surface area contributed by atoms with E-state index in [1.54, 1.807) is 11.1 Å². The first-order chi connectivity index (χ1) is 31.1. The van der Waals surface area contributed by atoms with Gasteiger partial charge in [-0.15, -0.1) is 0 Å². The number of carbonyl (C=O) groups excluding carboxylic acids is 3. The minimum absolute atomic E-state index is 0.0845. The molecule has 64 heavy (non-hydrogen) atoms. The Morgan fingerprint density at radius 1 is 0.641 bits per heavy atom. The monoisotopic (exact) mass is 875 g/mol. The van der Waals surface area contributed by atoms with Crippen LogP contribution in [0.1, 0.15) is 83.8 Å². The van der Waals surface area contributed by atoms with Crippen LogP contribution in [0.2, 0.25) is 0 Å². The first-order valence-corrected chi connectivity index (χ1v) is 23.5. The van der Waals surface area contributed by atoms with Crippen LogP contribution in [0.15, 0.2) is 122 Å². The highest BCUT2D eigenvalue weighted by atomic mass is 32.2. The molecule has 326 valence electrons. The second-order valence-corrected chi connectivity index (χ2v) is 18.8. The largest absolute Gasteiger partial charge is 0.340 e. The Morgan fingerprint density at radius 2 is 1.11 bits per heavy atom. The molecule has 9 rings (SSSR count). The highest BCUT2D eigenvalue weighted by Crippen LogP contribution is 2.35. The molecule has 0 bridgehead atoms. The number of hydrogen-bond donors (Lipinski definition) is 4. The number of aromatic nitrogens is 4. The predicted molar refractivity (Wildman–Crippen MR) is 243 cm³/mol. The van der Waals surface area contributed by atoms with Crippen molar-refractivity contribution < 1.29 is 22.8 Å². The van der Waals surface area contributed by atoms with Crippen molar-refractivity contribution in [3.63, 3.8) is 0 Å². The number of amides is 4. The fraction of sp³-hybridized carbons (Fsp3) is 0.286. The van der Waals surface area contributed by atoms with Crippen molar-refractivity contribution in [2.24, 2.45) is 5.73 Å². The van der Waals surface area contributed by atoms with E-state index in [9.17, 15) is 22.8 Å². The van der Waals surface area contributed by atoms with Crippen molar-refractivity contribution in [2.45, 2.75) is 49.9 Å². The quantitative estimate of drug-likeness (QED) is 0.126. The number of H-pyrrole nitrogens is 2. The summed E-state index contributed by atoms with van der Waals surface area (Å²) in [6, 6.07) is 31.8. The maximum absolute atomic E-state index is 14.3. The number of rotatable bonds is 9. The summed E-state index contributed by atoms with van der Waals surface area (Å²) in [5, 5.41) is 2.91. The first-order valence-electron chi connectivity index (χ1n) is 21.7. The molecule has 3 fully saturated rings. The molecule has 15 heteroatoms. The van der Waals surface area contributed by atoms with Gasteiger partial charge in [-0.05, 0) is 72.2 Å². The third kappa shape index (κ3) is 9.20. The van der Waals surface area contributed by atoms with Gasteiger partial charge in [0.1, 0.15) is 23.7 Å². The van der Waals surface area contributed by atoms with Crippen molar-refractivity contribution in [2.75, 3.05) is 37.7 Å². The highest BCUT2D eigenvalue weighted by molar-refractivity contribution is 7.91. The SMILES string of the molecule is N[C@@H](C(=O)N1CCC[C@H]1c1ncc(-c2ccc(C#Cc3ccc(-c4cnc([C@@H]5CCCN5C(=O)[C@H](NC(=O)N5CCS(=O)(=O)CC5)c5ccccc5)[nH]4)cc3)cc2)[nH]1)c1ccccc1. The molecular weight excluding hydrogens is 827 g/mol. The van der Waals surface area contributed by atoms with Crippen LogP contribution in [-0.4, -0.2) is 98.6 Å². The second-order valence-electron chi connectivity index (χ2n) is 16.5.